The Hall–Kier alpha value is -0.130. The van der Waals surface area contributed by atoms with E-state index >= 15 is 0 Å². The molecule has 0 aliphatic rings. The Kier molecular flexibility index (Phi) is 7.81. The zero-order valence-electron chi connectivity index (χ0n) is 11.0. The van der Waals surface area contributed by atoms with E-state index in [4.69, 9.17) is 0 Å². The molecule has 0 aliphatic carbocycles. The first-order valence-corrected chi connectivity index (χ1v) is 8.11. The minimum atomic E-state index is 0.564. The van der Waals surface area contributed by atoms with E-state index in [-0.39, 0.29) is 0 Å². The van der Waals surface area contributed by atoms with Crippen molar-refractivity contribution in [3.63, 3.8) is 0 Å². The van der Waals surface area contributed by atoms with Crippen LogP contribution in [0, 0.1) is 0 Å². The highest BCUT2D eigenvalue weighted by Gasteiger charge is 2.08. The highest BCUT2D eigenvalue weighted by Crippen LogP contribution is 2.24. The van der Waals surface area contributed by atoms with Crippen molar-refractivity contribution < 1.29 is 0 Å². The number of thioether (sulfide) groups is 1. The molecule has 17 heavy (non-hydrogen) atoms. The normalized spacial score (nSPS) is 12.9. The average Bonchev–Trinajstić information content (AvgIpc) is 2.76. The van der Waals surface area contributed by atoms with E-state index in [0.717, 1.165) is 29.7 Å². The standard InChI is InChI=1S/C12H23N3S2/c1-4-6-7-8-13-9-10(3)16-12-14-11(5-2)15-17-12/h10,13H,4-9H2,1-3H3. The van der Waals surface area contributed by atoms with Crippen molar-refractivity contribution in [3.8, 4) is 0 Å². The van der Waals surface area contributed by atoms with Crippen molar-refractivity contribution in [2.75, 3.05) is 13.1 Å². The largest absolute Gasteiger partial charge is 0.316 e. The van der Waals surface area contributed by atoms with Gasteiger partial charge in [0.15, 0.2) is 4.34 Å². The maximum Gasteiger partial charge on any atom is 0.170 e. The SMILES string of the molecule is CCCCCNCC(C)Sc1nc(CC)ns1. The van der Waals surface area contributed by atoms with Gasteiger partial charge in [-0.1, -0.05) is 45.4 Å². The third-order valence-electron chi connectivity index (χ3n) is 2.46. The second-order valence-electron chi connectivity index (χ2n) is 4.17. The Bertz CT molecular complexity index is 302. The second-order valence-corrected chi connectivity index (χ2v) is 6.61. The number of unbranched alkanes of at least 4 members (excludes halogenated alkanes) is 2. The highest BCUT2D eigenvalue weighted by molar-refractivity contribution is 8.01. The average molecular weight is 273 g/mol. The summed E-state index contributed by atoms with van der Waals surface area (Å²) in [6.45, 7) is 8.75. The summed E-state index contributed by atoms with van der Waals surface area (Å²) in [5.41, 5.74) is 0. The summed E-state index contributed by atoms with van der Waals surface area (Å²) in [7, 11) is 0. The minimum Gasteiger partial charge on any atom is -0.316 e. The van der Waals surface area contributed by atoms with Gasteiger partial charge < -0.3 is 5.32 Å². The predicted molar refractivity (Wildman–Crippen MR) is 77.0 cm³/mol. The number of aryl methyl sites for hydroxylation is 1. The van der Waals surface area contributed by atoms with E-state index in [9.17, 15) is 0 Å². The van der Waals surface area contributed by atoms with Crippen molar-refractivity contribution in [1.29, 1.82) is 0 Å². The minimum absolute atomic E-state index is 0.564. The van der Waals surface area contributed by atoms with Gasteiger partial charge in [-0.15, -0.1) is 0 Å². The zero-order chi connectivity index (χ0) is 12.5. The molecule has 1 unspecified atom stereocenters. The molecule has 1 aromatic heterocycles. The van der Waals surface area contributed by atoms with Crippen LogP contribution in [0.25, 0.3) is 0 Å². The topological polar surface area (TPSA) is 37.8 Å². The number of hydrogen-bond donors (Lipinski definition) is 1. The molecule has 0 amide bonds. The van der Waals surface area contributed by atoms with Crippen LogP contribution in [-0.2, 0) is 6.42 Å². The van der Waals surface area contributed by atoms with E-state index in [2.05, 4.69) is 35.4 Å². The molecule has 1 atom stereocenters. The van der Waals surface area contributed by atoms with Crippen LogP contribution in [0.2, 0.25) is 0 Å². The summed E-state index contributed by atoms with van der Waals surface area (Å²) >= 11 is 3.35. The van der Waals surface area contributed by atoms with Crippen molar-refractivity contribution in [1.82, 2.24) is 14.7 Å². The summed E-state index contributed by atoms with van der Waals surface area (Å²) in [6, 6.07) is 0. The van der Waals surface area contributed by atoms with Crippen LogP contribution in [0.15, 0.2) is 4.34 Å². The van der Waals surface area contributed by atoms with Crippen LogP contribution in [0.3, 0.4) is 0 Å². The van der Waals surface area contributed by atoms with Crippen LogP contribution in [0.4, 0.5) is 0 Å². The van der Waals surface area contributed by atoms with Gasteiger partial charge in [-0.05, 0) is 24.5 Å². The summed E-state index contributed by atoms with van der Waals surface area (Å²) in [5, 5.41) is 4.06. The fourth-order valence-corrected chi connectivity index (χ4v) is 3.43. The Morgan fingerprint density at radius 1 is 1.35 bits per heavy atom. The third-order valence-corrected chi connectivity index (χ3v) is 4.38. The third kappa shape index (κ3) is 6.38. The van der Waals surface area contributed by atoms with Gasteiger partial charge in [-0.25, -0.2) is 4.98 Å². The molecule has 3 nitrogen and oxygen atoms in total. The molecule has 5 heteroatoms. The van der Waals surface area contributed by atoms with Gasteiger partial charge in [0.05, 0.1) is 0 Å². The quantitative estimate of drug-likeness (QED) is 0.553. The van der Waals surface area contributed by atoms with Crippen LogP contribution < -0.4 is 5.32 Å². The fourth-order valence-electron chi connectivity index (χ4n) is 1.45. The van der Waals surface area contributed by atoms with Crippen LogP contribution >= 0.6 is 23.3 Å². The molecule has 0 bridgehead atoms. The molecular formula is C12H23N3S2. The smallest absolute Gasteiger partial charge is 0.170 e. The first-order valence-electron chi connectivity index (χ1n) is 6.46. The molecule has 0 fully saturated rings. The van der Waals surface area contributed by atoms with Crippen molar-refractivity contribution in [2.24, 2.45) is 0 Å². The molecule has 1 N–H and O–H groups in total. The lowest BCUT2D eigenvalue weighted by Crippen LogP contribution is -2.23. The first-order chi connectivity index (χ1) is 8.26. The Labute approximate surface area is 113 Å². The van der Waals surface area contributed by atoms with Crippen molar-refractivity contribution in [2.45, 2.75) is 56.0 Å². The van der Waals surface area contributed by atoms with Crippen LogP contribution in [-0.4, -0.2) is 27.7 Å². The first kappa shape index (κ1) is 14.9. The van der Waals surface area contributed by atoms with E-state index in [0.29, 0.717) is 5.25 Å². The predicted octanol–water partition coefficient (Wildman–Crippen LogP) is 3.36. The number of nitrogens with one attached hydrogen (secondary N) is 1. The van der Waals surface area contributed by atoms with Gasteiger partial charge in [-0.2, -0.15) is 4.37 Å². The van der Waals surface area contributed by atoms with Gasteiger partial charge in [0.2, 0.25) is 0 Å². The van der Waals surface area contributed by atoms with Gasteiger partial charge in [-0.3, -0.25) is 0 Å². The number of aromatic nitrogens is 2. The van der Waals surface area contributed by atoms with E-state index in [1.54, 1.807) is 0 Å². The maximum atomic E-state index is 4.47. The number of hydrogen-bond acceptors (Lipinski definition) is 5. The molecule has 0 spiro atoms. The van der Waals surface area contributed by atoms with Crippen molar-refractivity contribution >= 4 is 23.3 Å². The van der Waals surface area contributed by atoms with Crippen LogP contribution in [0.1, 0.15) is 45.9 Å². The Morgan fingerprint density at radius 2 is 2.18 bits per heavy atom. The van der Waals surface area contributed by atoms with Gasteiger partial charge in [0.25, 0.3) is 0 Å². The molecule has 1 heterocycles. The maximum absolute atomic E-state index is 4.47. The van der Waals surface area contributed by atoms with E-state index in [1.165, 1.54) is 30.8 Å². The highest BCUT2D eigenvalue weighted by atomic mass is 32.2. The summed E-state index contributed by atoms with van der Waals surface area (Å²) in [4.78, 5) is 4.47. The lowest BCUT2D eigenvalue weighted by atomic mass is 10.2. The van der Waals surface area contributed by atoms with Gasteiger partial charge >= 0.3 is 0 Å². The fraction of sp³-hybridized carbons (Fsp3) is 0.833. The molecule has 98 valence electrons. The van der Waals surface area contributed by atoms with E-state index in [1.807, 2.05) is 11.8 Å². The molecule has 1 rings (SSSR count). The summed E-state index contributed by atoms with van der Waals surface area (Å²) < 4.78 is 5.40. The Balaban J connectivity index is 2.13. The number of nitrogens with zero attached hydrogens (tertiary/aromatic N) is 2. The number of rotatable bonds is 9. The second kappa shape index (κ2) is 8.89. The lowest BCUT2D eigenvalue weighted by molar-refractivity contribution is 0.615. The zero-order valence-corrected chi connectivity index (χ0v) is 12.7. The molecule has 0 saturated carbocycles. The molecule has 0 saturated heterocycles. The molecule has 1 aromatic rings. The van der Waals surface area contributed by atoms with Gasteiger partial charge in [0, 0.05) is 18.2 Å². The monoisotopic (exact) mass is 273 g/mol. The molecule has 0 radical (unpaired) electrons. The van der Waals surface area contributed by atoms with Crippen LogP contribution in [0.5, 0.6) is 0 Å². The van der Waals surface area contributed by atoms with Crippen molar-refractivity contribution in [3.05, 3.63) is 5.82 Å². The molecule has 0 aromatic carbocycles. The lowest BCUT2D eigenvalue weighted by Gasteiger charge is -2.09. The Morgan fingerprint density at radius 3 is 2.82 bits per heavy atom. The van der Waals surface area contributed by atoms with E-state index < -0.39 is 0 Å². The molecule has 0 aliphatic heterocycles. The summed E-state index contributed by atoms with van der Waals surface area (Å²) in [5.74, 6) is 0.973. The summed E-state index contributed by atoms with van der Waals surface area (Å²) in [6.07, 6.45) is 4.83. The van der Waals surface area contributed by atoms with Gasteiger partial charge in [0.1, 0.15) is 5.82 Å². The molecular weight excluding hydrogens is 250 g/mol.